The lowest BCUT2D eigenvalue weighted by Gasteiger charge is -2.15. The van der Waals surface area contributed by atoms with Crippen LogP contribution in [0.25, 0.3) is 0 Å². The summed E-state index contributed by atoms with van der Waals surface area (Å²) in [4.78, 5) is 23.5. The molecule has 0 unspecified atom stereocenters. The maximum atomic E-state index is 13.3. The Balaban J connectivity index is 2.40. The van der Waals surface area contributed by atoms with Gasteiger partial charge in [-0.05, 0) is 32.9 Å². The van der Waals surface area contributed by atoms with E-state index >= 15 is 0 Å². The number of carbonyl (C=O) groups is 2. The van der Waals surface area contributed by atoms with E-state index in [1.807, 2.05) is 13.8 Å². The van der Waals surface area contributed by atoms with Gasteiger partial charge in [-0.25, -0.2) is 4.39 Å². The topological polar surface area (TPSA) is 55.4 Å². The molecule has 1 atom stereocenters. The Kier molecular flexibility index (Phi) is 6.51. The first-order valence-electron chi connectivity index (χ1n) is 6.27. The summed E-state index contributed by atoms with van der Waals surface area (Å²) in [7, 11) is 0. The minimum atomic E-state index is -0.855. The molecule has 0 radical (unpaired) electrons. The van der Waals surface area contributed by atoms with Crippen LogP contribution in [0, 0.1) is 5.82 Å². The summed E-state index contributed by atoms with van der Waals surface area (Å²) in [6.07, 6.45) is -0.855. The number of hydrogen-bond acceptors (Lipinski definition) is 4. The Morgan fingerprint density at radius 1 is 1.30 bits per heavy atom. The van der Waals surface area contributed by atoms with Crippen molar-refractivity contribution in [3.05, 3.63) is 30.1 Å². The lowest BCUT2D eigenvalue weighted by atomic mass is 10.3. The lowest BCUT2D eigenvalue weighted by molar-refractivity contribution is -0.152. The molecule has 0 saturated carbocycles. The molecule has 0 bridgehead atoms. The average Bonchev–Trinajstić information content (AvgIpc) is 2.37. The fourth-order valence-corrected chi connectivity index (χ4v) is 2.11. The van der Waals surface area contributed by atoms with Gasteiger partial charge in [0.05, 0.1) is 5.75 Å². The van der Waals surface area contributed by atoms with Gasteiger partial charge in [-0.3, -0.25) is 9.59 Å². The van der Waals surface area contributed by atoms with Gasteiger partial charge in [-0.2, -0.15) is 0 Å². The predicted octanol–water partition coefficient (Wildman–Crippen LogP) is 2.37. The van der Waals surface area contributed by atoms with Crippen molar-refractivity contribution >= 4 is 23.6 Å². The molecule has 1 amide bonds. The first kappa shape index (κ1) is 16.5. The molecular formula is C14H18FNO3S. The molecule has 1 aromatic rings. The van der Waals surface area contributed by atoms with Crippen LogP contribution in [0.1, 0.15) is 20.8 Å². The molecule has 0 heterocycles. The van der Waals surface area contributed by atoms with Crippen LogP contribution in [0.15, 0.2) is 29.2 Å². The Bertz CT molecular complexity index is 479. The Morgan fingerprint density at radius 3 is 2.55 bits per heavy atom. The molecule has 1 rings (SSSR count). The number of nitrogens with one attached hydrogen (secondary N) is 1. The van der Waals surface area contributed by atoms with E-state index in [2.05, 4.69) is 5.32 Å². The Morgan fingerprint density at radius 2 is 1.95 bits per heavy atom. The monoisotopic (exact) mass is 299 g/mol. The van der Waals surface area contributed by atoms with Crippen LogP contribution in [0.5, 0.6) is 0 Å². The number of thioether (sulfide) groups is 1. The van der Waals surface area contributed by atoms with E-state index in [9.17, 15) is 14.0 Å². The summed E-state index contributed by atoms with van der Waals surface area (Å²) in [6, 6.07) is 6.16. The van der Waals surface area contributed by atoms with Crippen LogP contribution in [0.3, 0.4) is 0 Å². The van der Waals surface area contributed by atoms with E-state index in [0.29, 0.717) is 4.90 Å². The lowest BCUT2D eigenvalue weighted by Crippen LogP contribution is -2.39. The second kappa shape index (κ2) is 7.89. The second-order valence-electron chi connectivity index (χ2n) is 4.51. The molecule has 0 aliphatic rings. The normalized spacial score (nSPS) is 12.1. The molecular weight excluding hydrogens is 281 g/mol. The largest absolute Gasteiger partial charge is 0.452 e. The molecule has 0 spiro atoms. The molecule has 110 valence electrons. The van der Waals surface area contributed by atoms with Crippen LogP contribution >= 0.6 is 11.8 Å². The van der Waals surface area contributed by atoms with Crippen molar-refractivity contribution in [2.45, 2.75) is 37.8 Å². The van der Waals surface area contributed by atoms with Crippen molar-refractivity contribution in [3.8, 4) is 0 Å². The Hall–Kier alpha value is -1.56. The zero-order chi connectivity index (χ0) is 15.1. The molecule has 0 aliphatic heterocycles. The standard InChI is InChI=1S/C14H18FNO3S/c1-9(2)16-14(18)10(3)19-13(17)8-20-12-7-5-4-6-11(12)15/h4-7,9-10H,8H2,1-3H3,(H,16,18)/t10-/m1/s1. The number of carbonyl (C=O) groups excluding carboxylic acids is 2. The maximum Gasteiger partial charge on any atom is 0.317 e. The van der Waals surface area contributed by atoms with E-state index < -0.39 is 12.1 Å². The number of halogens is 1. The molecule has 4 nitrogen and oxygen atoms in total. The van der Waals surface area contributed by atoms with Crippen LogP contribution in [-0.4, -0.2) is 29.8 Å². The summed E-state index contributed by atoms with van der Waals surface area (Å²) in [5.74, 6) is -1.31. The van der Waals surface area contributed by atoms with E-state index in [-0.39, 0.29) is 23.5 Å². The minimum absolute atomic E-state index is 0.0172. The highest BCUT2D eigenvalue weighted by molar-refractivity contribution is 8.00. The molecule has 20 heavy (non-hydrogen) atoms. The van der Waals surface area contributed by atoms with Crippen molar-refractivity contribution in [1.82, 2.24) is 5.32 Å². The van der Waals surface area contributed by atoms with Gasteiger partial charge in [0.2, 0.25) is 0 Å². The van der Waals surface area contributed by atoms with Gasteiger partial charge < -0.3 is 10.1 Å². The van der Waals surface area contributed by atoms with E-state index in [1.54, 1.807) is 18.2 Å². The van der Waals surface area contributed by atoms with Crippen LogP contribution in [-0.2, 0) is 14.3 Å². The molecule has 0 saturated heterocycles. The number of esters is 1. The van der Waals surface area contributed by atoms with Crippen LogP contribution < -0.4 is 5.32 Å². The maximum absolute atomic E-state index is 13.3. The van der Waals surface area contributed by atoms with Gasteiger partial charge in [0.1, 0.15) is 5.82 Å². The van der Waals surface area contributed by atoms with Gasteiger partial charge in [0.25, 0.3) is 5.91 Å². The van der Waals surface area contributed by atoms with Crippen molar-refractivity contribution in [2.24, 2.45) is 0 Å². The third-order valence-corrected chi connectivity index (χ3v) is 3.31. The first-order chi connectivity index (χ1) is 9.40. The number of ether oxygens (including phenoxy) is 1. The minimum Gasteiger partial charge on any atom is -0.452 e. The van der Waals surface area contributed by atoms with Crippen molar-refractivity contribution in [1.29, 1.82) is 0 Å². The third-order valence-electron chi connectivity index (χ3n) is 2.29. The summed E-state index contributed by atoms with van der Waals surface area (Å²) >= 11 is 1.04. The number of hydrogen-bond donors (Lipinski definition) is 1. The summed E-state index contributed by atoms with van der Waals surface area (Å²) in [5.41, 5.74) is 0. The molecule has 0 aliphatic carbocycles. The quantitative estimate of drug-likeness (QED) is 0.647. The van der Waals surface area contributed by atoms with Gasteiger partial charge in [-0.1, -0.05) is 12.1 Å². The highest BCUT2D eigenvalue weighted by Crippen LogP contribution is 2.21. The van der Waals surface area contributed by atoms with Gasteiger partial charge in [0.15, 0.2) is 6.10 Å². The van der Waals surface area contributed by atoms with Gasteiger partial charge in [-0.15, -0.1) is 11.8 Å². The first-order valence-corrected chi connectivity index (χ1v) is 7.26. The van der Waals surface area contributed by atoms with Crippen LogP contribution in [0.2, 0.25) is 0 Å². The number of rotatable bonds is 6. The molecule has 1 N–H and O–H groups in total. The van der Waals surface area contributed by atoms with Gasteiger partial charge >= 0.3 is 5.97 Å². The zero-order valence-corrected chi connectivity index (χ0v) is 12.5. The molecule has 6 heteroatoms. The predicted molar refractivity (Wildman–Crippen MR) is 76.0 cm³/mol. The number of amides is 1. The molecule has 0 aromatic heterocycles. The summed E-state index contributed by atoms with van der Waals surface area (Å²) in [6.45, 7) is 5.14. The van der Waals surface area contributed by atoms with E-state index in [0.717, 1.165) is 11.8 Å². The number of benzene rings is 1. The highest BCUT2D eigenvalue weighted by Gasteiger charge is 2.18. The second-order valence-corrected chi connectivity index (χ2v) is 5.53. The highest BCUT2D eigenvalue weighted by atomic mass is 32.2. The van der Waals surface area contributed by atoms with Gasteiger partial charge in [0, 0.05) is 10.9 Å². The van der Waals surface area contributed by atoms with E-state index in [4.69, 9.17) is 4.74 Å². The Labute approximate surface area is 122 Å². The van der Waals surface area contributed by atoms with Crippen molar-refractivity contribution in [3.63, 3.8) is 0 Å². The molecule has 1 aromatic carbocycles. The average molecular weight is 299 g/mol. The van der Waals surface area contributed by atoms with Crippen molar-refractivity contribution in [2.75, 3.05) is 5.75 Å². The fraction of sp³-hybridized carbons (Fsp3) is 0.429. The molecule has 0 fully saturated rings. The third kappa shape index (κ3) is 5.61. The van der Waals surface area contributed by atoms with E-state index in [1.165, 1.54) is 13.0 Å². The van der Waals surface area contributed by atoms with Crippen LogP contribution in [0.4, 0.5) is 4.39 Å². The SMILES string of the molecule is CC(C)NC(=O)[C@@H](C)OC(=O)CSc1ccccc1F. The summed E-state index contributed by atoms with van der Waals surface area (Å²) in [5, 5.41) is 2.65. The zero-order valence-electron chi connectivity index (χ0n) is 11.7. The summed E-state index contributed by atoms with van der Waals surface area (Å²) < 4.78 is 18.3. The smallest absolute Gasteiger partial charge is 0.317 e. The fourth-order valence-electron chi connectivity index (χ4n) is 1.39. The van der Waals surface area contributed by atoms with Crippen molar-refractivity contribution < 1.29 is 18.7 Å².